The van der Waals surface area contributed by atoms with Crippen molar-refractivity contribution in [2.75, 3.05) is 7.11 Å². The Kier molecular flexibility index (Phi) is 5.02. The summed E-state index contributed by atoms with van der Waals surface area (Å²) in [6, 6.07) is 9.83. The summed E-state index contributed by atoms with van der Waals surface area (Å²) < 4.78 is 18.9. The average molecular weight is 360 g/mol. The van der Waals surface area contributed by atoms with E-state index in [1.54, 1.807) is 30.3 Å². The molecule has 20 heavy (non-hydrogen) atoms. The van der Waals surface area contributed by atoms with Crippen LogP contribution in [0.25, 0.3) is 0 Å². The van der Waals surface area contributed by atoms with Gasteiger partial charge in [-0.1, -0.05) is 29.8 Å². The molecule has 0 saturated carbocycles. The van der Waals surface area contributed by atoms with Gasteiger partial charge in [-0.3, -0.25) is 0 Å². The molecule has 2 aromatic carbocycles. The Morgan fingerprint density at radius 2 is 2.10 bits per heavy atom. The van der Waals surface area contributed by atoms with E-state index in [9.17, 15) is 9.50 Å². The maximum atomic E-state index is 13.4. The Bertz CT molecular complexity index is 619. The van der Waals surface area contributed by atoms with Gasteiger partial charge in [0.25, 0.3) is 0 Å². The summed E-state index contributed by atoms with van der Waals surface area (Å²) in [6.07, 6.45) is -0.474. The molecule has 0 fully saturated rings. The summed E-state index contributed by atoms with van der Waals surface area (Å²) in [7, 11) is 1.53. The predicted octanol–water partition coefficient (Wildman–Crippen LogP) is 4.53. The van der Waals surface area contributed by atoms with Gasteiger partial charge in [0.05, 0.1) is 22.7 Å². The first-order chi connectivity index (χ1) is 9.52. The van der Waals surface area contributed by atoms with E-state index in [4.69, 9.17) is 16.3 Å². The molecule has 0 heterocycles. The minimum Gasteiger partial charge on any atom is -0.495 e. The lowest BCUT2D eigenvalue weighted by Gasteiger charge is -2.14. The lowest BCUT2D eigenvalue weighted by atomic mass is 10.0. The summed E-state index contributed by atoms with van der Waals surface area (Å²) in [5, 5.41) is 10.7. The fourth-order valence-corrected chi connectivity index (χ4v) is 2.61. The molecule has 0 aliphatic carbocycles. The molecule has 2 aromatic rings. The summed E-state index contributed by atoms with van der Waals surface area (Å²) in [6.45, 7) is 0. The minimum absolute atomic E-state index is 0.293. The van der Waals surface area contributed by atoms with Gasteiger partial charge in [0, 0.05) is 6.42 Å². The number of halogens is 3. The quantitative estimate of drug-likeness (QED) is 0.869. The molecule has 5 heteroatoms. The molecule has 0 aromatic heterocycles. The monoisotopic (exact) mass is 358 g/mol. The molecule has 2 rings (SSSR count). The predicted molar refractivity (Wildman–Crippen MR) is 80.8 cm³/mol. The highest BCUT2D eigenvalue weighted by Gasteiger charge is 2.14. The standard InChI is InChI=1S/C15H13BrClFO2/c1-20-14-6-5-9(7-11(14)17)13(19)8-10-3-2-4-12(18)15(10)16/h2-7,13,19H,8H2,1H3. The first kappa shape index (κ1) is 15.3. The molecular formula is C15H13BrClFO2. The molecule has 0 radical (unpaired) electrons. The van der Waals surface area contributed by atoms with Gasteiger partial charge in [0.1, 0.15) is 11.6 Å². The second kappa shape index (κ2) is 6.57. The van der Waals surface area contributed by atoms with E-state index in [-0.39, 0.29) is 5.82 Å². The normalized spacial score (nSPS) is 12.2. The van der Waals surface area contributed by atoms with Gasteiger partial charge in [-0.05, 0) is 45.3 Å². The van der Waals surface area contributed by atoms with Crippen LogP contribution in [0.1, 0.15) is 17.2 Å². The molecule has 1 atom stereocenters. The first-order valence-electron chi connectivity index (χ1n) is 5.97. The summed E-state index contributed by atoms with van der Waals surface area (Å²) in [5.74, 6) is 0.206. The number of ether oxygens (including phenoxy) is 1. The van der Waals surface area contributed by atoms with E-state index >= 15 is 0 Å². The molecule has 0 bridgehead atoms. The third kappa shape index (κ3) is 3.32. The number of aliphatic hydroxyl groups excluding tert-OH is 1. The molecule has 1 N–H and O–H groups in total. The Morgan fingerprint density at radius 3 is 2.75 bits per heavy atom. The van der Waals surface area contributed by atoms with Crippen LogP contribution in [0.4, 0.5) is 4.39 Å². The molecule has 0 spiro atoms. The second-order valence-electron chi connectivity index (χ2n) is 4.33. The van der Waals surface area contributed by atoms with Gasteiger partial charge in [0.15, 0.2) is 0 Å². The highest BCUT2D eigenvalue weighted by molar-refractivity contribution is 9.10. The highest BCUT2D eigenvalue weighted by atomic mass is 79.9. The third-order valence-electron chi connectivity index (χ3n) is 3.01. The van der Waals surface area contributed by atoms with Gasteiger partial charge >= 0.3 is 0 Å². The molecule has 2 nitrogen and oxygen atoms in total. The van der Waals surface area contributed by atoms with Crippen LogP contribution < -0.4 is 4.74 Å². The minimum atomic E-state index is -0.767. The lowest BCUT2D eigenvalue weighted by molar-refractivity contribution is 0.178. The number of benzene rings is 2. The maximum Gasteiger partial charge on any atom is 0.137 e. The Hall–Kier alpha value is -1.10. The second-order valence-corrected chi connectivity index (χ2v) is 5.53. The smallest absolute Gasteiger partial charge is 0.137 e. The van der Waals surface area contributed by atoms with Crippen LogP contribution in [0.3, 0.4) is 0 Å². The first-order valence-corrected chi connectivity index (χ1v) is 7.14. The maximum absolute atomic E-state index is 13.4. The molecular weight excluding hydrogens is 347 g/mol. The highest BCUT2D eigenvalue weighted by Crippen LogP contribution is 2.30. The lowest BCUT2D eigenvalue weighted by Crippen LogP contribution is -2.03. The molecule has 0 aliphatic rings. The third-order valence-corrected chi connectivity index (χ3v) is 4.19. The van der Waals surface area contributed by atoms with E-state index in [2.05, 4.69) is 15.9 Å². The number of hydrogen-bond acceptors (Lipinski definition) is 2. The zero-order valence-electron chi connectivity index (χ0n) is 10.7. The van der Waals surface area contributed by atoms with Gasteiger partial charge in [0.2, 0.25) is 0 Å². The van der Waals surface area contributed by atoms with Crippen molar-refractivity contribution in [3.05, 3.63) is 62.8 Å². The van der Waals surface area contributed by atoms with Gasteiger partial charge in [-0.2, -0.15) is 0 Å². The fourth-order valence-electron chi connectivity index (χ4n) is 1.92. The van der Waals surface area contributed by atoms with Crippen molar-refractivity contribution in [1.82, 2.24) is 0 Å². The van der Waals surface area contributed by atoms with Crippen LogP contribution in [0.2, 0.25) is 5.02 Å². The zero-order valence-corrected chi connectivity index (χ0v) is 13.1. The molecule has 1 unspecified atom stereocenters. The number of aliphatic hydroxyl groups is 1. The van der Waals surface area contributed by atoms with Crippen LogP contribution >= 0.6 is 27.5 Å². The van der Waals surface area contributed by atoms with Gasteiger partial charge in [-0.15, -0.1) is 0 Å². The number of rotatable bonds is 4. The largest absolute Gasteiger partial charge is 0.495 e. The molecule has 106 valence electrons. The van der Waals surface area contributed by atoms with E-state index < -0.39 is 6.10 Å². The number of hydrogen-bond donors (Lipinski definition) is 1. The molecule has 0 amide bonds. The number of methoxy groups -OCH3 is 1. The van der Waals surface area contributed by atoms with Crippen molar-refractivity contribution in [2.24, 2.45) is 0 Å². The van der Waals surface area contributed by atoms with Crippen molar-refractivity contribution < 1.29 is 14.2 Å². The average Bonchev–Trinajstić information content (AvgIpc) is 2.43. The SMILES string of the molecule is COc1ccc(C(O)Cc2cccc(F)c2Br)cc1Cl. The van der Waals surface area contributed by atoms with E-state index in [1.807, 2.05) is 0 Å². The van der Waals surface area contributed by atoms with Crippen molar-refractivity contribution in [1.29, 1.82) is 0 Å². The van der Waals surface area contributed by atoms with Crippen molar-refractivity contribution in [3.8, 4) is 5.75 Å². The van der Waals surface area contributed by atoms with E-state index in [0.717, 1.165) is 0 Å². The Labute approximate surface area is 130 Å². The van der Waals surface area contributed by atoms with Crippen LogP contribution in [0.15, 0.2) is 40.9 Å². The summed E-state index contributed by atoms with van der Waals surface area (Å²) in [5.41, 5.74) is 1.36. The molecule has 0 aliphatic heterocycles. The van der Waals surface area contributed by atoms with Crippen LogP contribution in [0.5, 0.6) is 5.75 Å². The van der Waals surface area contributed by atoms with Gasteiger partial charge < -0.3 is 9.84 Å². The zero-order chi connectivity index (χ0) is 14.7. The van der Waals surface area contributed by atoms with Crippen LogP contribution in [-0.2, 0) is 6.42 Å². The topological polar surface area (TPSA) is 29.5 Å². The van der Waals surface area contributed by atoms with Crippen LogP contribution in [-0.4, -0.2) is 12.2 Å². The van der Waals surface area contributed by atoms with E-state index in [0.29, 0.717) is 32.8 Å². The van der Waals surface area contributed by atoms with Crippen molar-refractivity contribution >= 4 is 27.5 Å². The van der Waals surface area contributed by atoms with Gasteiger partial charge in [-0.25, -0.2) is 4.39 Å². The van der Waals surface area contributed by atoms with E-state index in [1.165, 1.54) is 13.2 Å². The molecule has 0 saturated heterocycles. The summed E-state index contributed by atoms with van der Waals surface area (Å²) in [4.78, 5) is 0. The van der Waals surface area contributed by atoms with Crippen LogP contribution in [0, 0.1) is 5.82 Å². The summed E-state index contributed by atoms with van der Waals surface area (Å²) >= 11 is 9.21. The fraction of sp³-hybridized carbons (Fsp3) is 0.200. The van der Waals surface area contributed by atoms with Crippen molar-refractivity contribution in [3.63, 3.8) is 0 Å². The Balaban J connectivity index is 2.21. The Morgan fingerprint density at radius 1 is 1.35 bits per heavy atom. The van der Waals surface area contributed by atoms with Crippen molar-refractivity contribution in [2.45, 2.75) is 12.5 Å².